The summed E-state index contributed by atoms with van der Waals surface area (Å²) in [7, 11) is 0. The minimum Gasteiger partial charge on any atom is -0.480 e. The van der Waals surface area contributed by atoms with Crippen LogP contribution in [0.1, 0.15) is 101 Å². The van der Waals surface area contributed by atoms with Gasteiger partial charge < -0.3 is 19.9 Å². The maximum atomic E-state index is 13.9. The van der Waals surface area contributed by atoms with Crippen molar-refractivity contribution in [3.63, 3.8) is 0 Å². The van der Waals surface area contributed by atoms with Crippen molar-refractivity contribution in [2.45, 2.75) is 115 Å². The monoisotopic (exact) mass is 619 g/mol. The highest BCUT2D eigenvalue weighted by Crippen LogP contribution is 2.37. The van der Waals surface area contributed by atoms with Gasteiger partial charge in [0.2, 0.25) is 5.91 Å². The van der Waals surface area contributed by atoms with E-state index in [1.165, 1.54) is 15.4 Å². The zero-order chi connectivity index (χ0) is 32.7. The highest BCUT2D eigenvalue weighted by atomic mass is 16.6. The highest BCUT2D eigenvalue weighted by molar-refractivity contribution is 5.87. The topological polar surface area (TPSA) is 125 Å². The van der Waals surface area contributed by atoms with Crippen LogP contribution in [0.4, 0.5) is 9.59 Å². The number of aliphatic carboxylic acids is 1. The third kappa shape index (κ3) is 7.43. The number of ether oxygens (including phenoxy) is 2. The van der Waals surface area contributed by atoms with Crippen molar-refractivity contribution >= 4 is 24.1 Å². The third-order valence-electron chi connectivity index (χ3n) is 8.66. The normalized spacial score (nSPS) is 23.1. The molecule has 2 N–H and O–H groups in total. The Hall–Kier alpha value is -4.08. The summed E-state index contributed by atoms with van der Waals surface area (Å²) in [6, 6.07) is 12.1. The molecular weight excluding hydrogens is 574 g/mol. The molecule has 3 aliphatic rings. The molecule has 2 unspecified atom stereocenters. The molecule has 242 valence electrons. The van der Waals surface area contributed by atoms with Gasteiger partial charge in [0.15, 0.2) is 0 Å². The number of nitrogens with one attached hydrogen (secondary N) is 1. The average molecular weight is 620 g/mol. The van der Waals surface area contributed by atoms with E-state index in [1.807, 2.05) is 30.3 Å². The zero-order valence-electron chi connectivity index (χ0n) is 27.1. The second kappa shape index (κ2) is 12.4. The number of carbonyl (C=O) groups excluding carboxylic acids is 3. The van der Waals surface area contributed by atoms with Gasteiger partial charge in [-0.3, -0.25) is 14.6 Å². The van der Waals surface area contributed by atoms with E-state index in [9.17, 15) is 24.3 Å². The van der Waals surface area contributed by atoms with E-state index in [0.717, 1.165) is 41.5 Å². The molecule has 0 radical (unpaired) electrons. The van der Waals surface area contributed by atoms with E-state index in [4.69, 9.17) is 9.47 Å². The summed E-state index contributed by atoms with van der Waals surface area (Å²) >= 11 is 0. The van der Waals surface area contributed by atoms with E-state index in [1.54, 1.807) is 41.5 Å². The Labute approximate surface area is 265 Å². The third-order valence-corrected chi connectivity index (χ3v) is 8.66. The van der Waals surface area contributed by atoms with Gasteiger partial charge in [0.25, 0.3) is 0 Å². The number of amides is 3. The molecule has 0 bridgehead atoms. The number of fused-ring (bicyclic) bond motifs is 2. The number of rotatable bonds is 4. The van der Waals surface area contributed by atoms with Crippen LogP contribution in [0.15, 0.2) is 42.5 Å². The van der Waals surface area contributed by atoms with Crippen LogP contribution < -0.4 is 5.32 Å². The number of nitrogens with zero attached hydrogens (tertiary/aromatic N) is 2. The summed E-state index contributed by atoms with van der Waals surface area (Å²) in [5.74, 6) is -1.46. The standard InChI is InChI=1S/C35H45N3O7/c1-34(2,3)44-32(42)37-20-25(18-28(37)30(39)36-27-13-9-11-21-10-7-8-12-26(21)27)22-14-15-23-17-29(31(40)41)38(19-24(23)16-22)33(43)45-35(4,5)6/h7-8,10,12,14-16,25,27-29H,9,11,13,17-20H2,1-6H3,(H,36,39)(H,40,41)/t25?,27?,28-,29-/m0/s1. The molecule has 10 heteroatoms. The van der Waals surface area contributed by atoms with E-state index in [0.29, 0.717) is 13.0 Å². The number of hydrogen-bond acceptors (Lipinski definition) is 6. The van der Waals surface area contributed by atoms with Crippen LogP contribution >= 0.6 is 0 Å². The molecule has 0 aromatic heterocycles. The van der Waals surface area contributed by atoms with E-state index in [-0.39, 0.29) is 30.8 Å². The van der Waals surface area contributed by atoms with E-state index in [2.05, 4.69) is 17.4 Å². The van der Waals surface area contributed by atoms with Crippen molar-refractivity contribution in [3.8, 4) is 0 Å². The van der Waals surface area contributed by atoms with Gasteiger partial charge in [-0.1, -0.05) is 42.5 Å². The lowest BCUT2D eigenvalue weighted by Gasteiger charge is -2.36. The summed E-state index contributed by atoms with van der Waals surface area (Å²) in [4.78, 5) is 55.2. The summed E-state index contributed by atoms with van der Waals surface area (Å²) in [6.07, 6.45) is 2.15. The molecule has 0 spiro atoms. The number of benzene rings is 2. The first-order valence-electron chi connectivity index (χ1n) is 15.8. The van der Waals surface area contributed by atoms with Crippen molar-refractivity contribution in [2.24, 2.45) is 0 Å². The minimum atomic E-state index is -1.09. The van der Waals surface area contributed by atoms with Crippen molar-refractivity contribution < 1.29 is 33.8 Å². The number of aryl methyl sites for hydroxylation is 1. The first kappa shape index (κ1) is 32.3. The Bertz CT molecular complexity index is 1470. The van der Waals surface area contributed by atoms with Crippen LogP contribution in [0.25, 0.3) is 0 Å². The van der Waals surface area contributed by atoms with Crippen LogP contribution in [0.3, 0.4) is 0 Å². The predicted molar refractivity (Wildman–Crippen MR) is 168 cm³/mol. The summed E-state index contributed by atoms with van der Waals surface area (Å²) in [6.45, 7) is 11.0. The molecule has 1 fully saturated rings. The fraction of sp³-hybridized carbons (Fsp3) is 0.543. The molecule has 2 aromatic rings. The summed E-state index contributed by atoms with van der Waals surface area (Å²) in [5, 5.41) is 13.1. The highest BCUT2D eigenvalue weighted by Gasteiger charge is 2.43. The number of likely N-dealkylation sites (tertiary alicyclic amines) is 1. The number of carboxylic acid groups (broad SMARTS) is 1. The maximum absolute atomic E-state index is 13.9. The van der Waals surface area contributed by atoms with Crippen molar-refractivity contribution in [1.29, 1.82) is 0 Å². The maximum Gasteiger partial charge on any atom is 0.411 e. The second-order valence-corrected chi connectivity index (χ2v) is 14.4. The van der Waals surface area contributed by atoms with Gasteiger partial charge in [-0.2, -0.15) is 0 Å². The van der Waals surface area contributed by atoms with Gasteiger partial charge in [0.1, 0.15) is 23.3 Å². The van der Waals surface area contributed by atoms with Gasteiger partial charge in [-0.25, -0.2) is 14.4 Å². The summed E-state index contributed by atoms with van der Waals surface area (Å²) < 4.78 is 11.3. The quantitative estimate of drug-likeness (QED) is 0.448. The van der Waals surface area contributed by atoms with Gasteiger partial charge in [-0.05, 0) is 95.0 Å². The Balaban J connectivity index is 1.39. The molecule has 2 aromatic carbocycles. The number of hydrogen-bond donors (Lipinski definition) is 2. The van der Waals surface area contributed by atoms with Gasteiger partial charge in [0.05, 0.1) is 12.6 Å². The van der Waals surface area contributed by atoms with Gasteiger partial charge >= 0.3 is 18.2 Å². The molecule has 4 atom stereocenters. The molecule has 10 nitrogen and oxygen atoms in total. The van der Waals surface area contributed by atoms with E-state index >= 15 is 0 Å². The molecule has 2 heterocycles. The molecule has 1 saturated heterocycles. The first-order chi connectivity index (χ1) is 21.1. The lowest BCUT2D eigenvalue weighted by Crippen LogP contribution is -2.50. The Morgan fingerprint density at radius 1 is 0.844 bits per heavy atom. The van der Waals surface area contributed by atoms with Crippen molar-refractivity contribution in [3.05, 3.63) is 70.3 Å². The van der Waals surface area contributed by atoms with Crippen LogP contribution in [0.5, 0.6) is 0 Å². The largest absolute Gasteiger partial charge is 0.480 e. The number of carbonyl (C=O) groups is 4. The van der Waals surface area contributed by atoms with Gasteiger partial charge in [0, 0.05) is 18.9 Å². The lowest BCUT2D eigenvalue weighted by atomic mass is 9.87. The molecule has 0 saturated carbocycles. The van der Waals surface area contributed by atoms with Crippen LogP contribution in [0.2, 0.25) is 0 Å². The van der Waals surface area contributed by atoms with Crippen molar-refractivity contribution in [2.75, 3.05) is 6.54 Å². The van der Waals surface area contributed by atoms with Crippen LogP contribution in [0, 0.1) is 0 Å². The SMILES string of the molecule is CC(C)(C)OC(=O)N1Cc2cc(C3C[C@@H](C(=O)NC4CCCc5ccccc54)N(C(=O)OC(C)(C)C)C3)ccc2C[C@H]1C(=O)O. The first-order valence-corrected chi connectivity index (χ1v) is 15.8. The molecule has 1 aliphatic carbocycles. The predicted octanol–water partition coefficient (Wildman–Crippen LogP) is 5.72. The lowest BCUT2D eigenvalue weighted by molar-refractivity contribution is -0.143. The molecule has 3 amide bonds. The van der Waals surface area contributed by atoms with Crippen molar-refractivity contribution in [1.82, 2.24) is 15.1 Å². The van der Waals surface area contributed by atoms with E-state index < -0.39 is 41.4 Å². The van der Waals surface area contributed by atoms with Crippen LogP contribution in [-0.4, -0.2) is 68.8 Å². The molecule has 2 aliphatic heterocycles. The fourth-order valence-electron chi connectivity index (χ4n) is 6.61. The molecular formula is C35H45N3O7. The Morgan fingerprint density at radius 2 is 1.51 bits per heavy atom. The second-order valence-electron chi connectivity index (χ2n) is 14.4. The average Bonchev–Trinajstić information content (AvgIpc) is 3.41. The van der Waals surface area contributed by atoms with Gasteiger partial charge in [-0.15, -0.1) is 0 Å². The molecule has 45 heavy (non-hydrogen) atoms. The smallest absolute Gasteiger partial charge is 0.411 e. The summed E-state index contributed by atoms with van der Waals surface area (Å²) in [5.41, 5.74) is 3.45. The Kier molecular flexibility index (Phi) is 8.88. The number of carboxylic acids is 1. The molecule has 5 rings (SSSR count). The Morgan fingerprint density at radius 3 is 2.18 bits per heavy atom. The van der Waals surface area contributed by atoms with Crippen LogP contribution in [-0.2, 0) is 38.4 Å². The zero-order valence-corrected chi connectivity index (χ0v) is 27.1. The fourth-order valence-corrected chi connectivity index (χ4v) is 6.61. The minimum absolute atomic E-state index is 0.0859.